The minimum absolute atomic E-state index is 0.0112. The van der Waals surface area contributed by atoms with Crippen LogP contribution in [0.15, 0.2) is 24.4 Å². The lowest BCUT2D eigenvalue weighted by Gasteiger charge is -2.22. The maximum Gasteiger partial charge on any atom is 0.573 e. The Morgan fingerprint density at radius 1 is 1.12 bits per heavy atom. The van der Waals surface area contributed by atoms with Gasteiger partial charge in [-0.1, -0.05) is 30.9 Å². The maximum atomic E-state index is 13.6. The molecule has 2 aromatic rings. The van der Waals surface area contributed by atoms with Gasteiger partial charge in [0.15, 0.2) is 5.69 Å². The first kappa shape index (κ1) is 24.9. The zero-order chi connectivity index (χ0) is 24.2. The topological polar surface area (TPSA) is 76.1 Å². The van der Waals surface area contributed by atoms with Gasteiger partial charge < -0.3 is 15.4 Å². The van der Waals surface area contributed by atoms with Crippen LogP contribution in [0.4, 0.5) is 38.0 Å². The molecule has 1 fully saturated rings. The van der Waals surface area contributed by atoms with Gasteiger partial charge >= 0.3 is 12.5 Å². The van der Waals surface area contributed by atoms with Gasteiger partial charge in [0.05, 0.1) is 10.6 Å². The predicted octanol–water partition coefficient (Wildman–Crippen LogP) is 6.10. The molecule has 0 bridgehead atoms. The Morgan fingerprint density at radius 3 is 2.42 bits per heavy atom. The fourth-order valence-corrected chi connectivity index (χ4v) is 3.68. The molecule has 1 aliphatic carbocycles. The SMILES string of the molecule is O=C(NCC1CCCCC1)c1cnc(Nc2ccc(OC(F)(F)F)c(Cl)c2)nc1C(F)(F)F. The van der Waals surface area contributed by atoms with E-state index < -0.39 is 46.4 Å². The van der Waals surface area contributed by atoms with Gasteiger partial charge in [0, 0.05) is 18.4 Å². The lowest BCUT2D eigenvalue weighted by atomic mass is 9.89. The van der Waals surface area contributed by atoms with Crippen molar-refractivity contribution in [3.63, 3.8) is 0 Å². The summed E-state index contributed by atoms with van der Waals surface area (Å²) >= 11 is 5.73. The van der Waals surface area contributed by atoms with Crippen molar-refractivity contribution in [1.82, 2.24) is 15.3 Å². The van der Waals surface area contributed by atoms with E-state index in [1.54, 1.807) is 0 Å². The van der Waals surface area contributed by atoms with Crippen LogP contribution in [-0.2, 0) is 6.18 Å². The first-order valence-electron chi connectivity index (χ1n) is 9.97. The Balaban J connectivity index is 1.76. The number of hydrogen-bond donors (Lipinski definition) is 2. The van der Waals surface area contributed by atoms with Crippen molar-refractivity contribution >= 4 is 29.1 Å². The highest BCUT2D eigenvalue weighted by molar-refractivity contribution is 6.32. The Kier molecular flexibility index (Phi) is 7.55. The van der Waals surface area contributed by atoms with Gasteiger partial charge in [-0.25, -0.2) is 9.97 Å². The summed E-state index contributed by atoms with van der Waals surface area (Å²) in [5.41, 5.74) is -2.16. The van der Waals surface area contributed by atoms with Gasteiger partial charge in [-0.15, -0.1) is 13.2 Å². The first-order valence-corrected chi connectivity index (χ1v) is 10.3. The molecule has 1 aromatic heterocycles. The molecule has 6 nitrogen and oxygen atoms in total. The summed E-state index contributed by atoms with van der Waals surface area (Å²) < 4.78 is 81.4. The number of hydrogen-bond acceptors (Lipinski definition) is 5. The number of anilines is 2. The quantitative estimate of drug-likeness (QED) is 0.473. The smallest absolute Gasteiger partial charge is 0.404 e. The lowest BCUT2D eigenvalue weighted by Crippen LogP contribution is -2.32. The molecule has 0 atom stereocenters. The van der Waals surface area contributed by atoms with E-state index in [9.17, 15) is 31.1 Å². The lowest BCUT2D eigenvalue weighted by molar-refractivity contribution is -0.274. The number of aromatic nitrogens is 2. The third kappa shape index (κ3) is 7.11. The summed E-state index contributed by atoms with van der Waals surface area (Å²) in [6.45, 7) is 0.265. The number of carbonyl (C=O) groups excluding carboxylic acids is 1. The Morgan fingerprint density at radius 2 is 1.82 bits per heavy atom. The molecule has 0 radical (unpaired) electrons. The van der Waals surface area contributed by atoms with Crippen molar-refractivity contribution in [3.05, 3.63) is 40.7 Å². The Labute approximate surface area is 189 Å². The third-order valence-corrected chi connectivity index (χ3v) is 5.29. The van der Waals surface area contributed by atoms with Crippen molar-refractivity contribution < 1.29 is 35.9 Å². The van der Waals surface area contributed by atoms with Gasteiger partial charge in [0.2, 0.25) is 5.95 Å². The van der Waals surface area contributed by atoms with Crippen LogP contribution in [0.3, 0.4) is 0 Å². The Hall–Kier alpha value is -2.76. The van der Waals surface area contributed by atoms with E-state index in [0.717, 1.165) is 56.5 Å². The molecule has 0 saturated heterocycles. The number of alkyl halides is 6. The summed E-state index contributed by atoms with van der Waals surface area (Å²) in [6.07, 6.45) is -4.21. The van der Waals surface area contributed by atoms with Crippen molar-refractivity contribution in [2.45, 2.75) is 44.6 Å². The van der Waals surface area contributed by atoms with Crippen LogP contribution in [-0.4, -0.2) is 28.8 Å². The van der Waals surface area contributed by atoms with Gasteiger partial charge in [0.25, 0.3) is 5.91 Å². The molecule has 0 unspecified atom stereocenters. The number of halogens is 7. The van der Waals surface area contributed by atoms with Crippen molar-refractivity contribution in [3.8, 4) is 5.75 Å². The van der Waals surface area contributed by atoms with Crippen molar-refractivity contribution in [2.24, 2.45) is 5.92 Å². The second-order valence-corrected chi connectivity index (χ2v) is 7.89. The van der Waals surface area contributed by atoms with Gasteiger partial charge in [0.1, 0.15) is 5.75 Å². The van der Waals surface area contributed by atoms with Crippen LogP contribution in [0.2, 0.25) is 5.02 Å². The van der Waals surface area contributed by atoms with E-state index in [4.69, 9.17) is 11.6 Å². The van der Waals surface area contributed by atoms with E-state index in [1.807, 2.05) is 0 Å². The minimum Gasteiger partial charge on any atom is -0.404 e. The number of amides is 1. The molecule has 1 saturated carbocycles. The number of nitrogens with one attached hydrogen (secondary N) is 2. The van der Waals surface area contributed by atoms with Gasteiger partial charge in [-0.05, 0) is 37.0 Å². The maximum absolute atomic E-state index is 13.6. The van der Waals surface area contributed by atoms with Crippen LogP contribution in [0.1, 0.15) is 48.2 Å². The van der Waals surface area contributed by atoms with E-state index in [0.29, 0.717) is 0 Å². The molecule has 13 heteroatoms. The second kappa shape index (κ2) is 10.0. The molecule has 0 aliphatic heterocycles. The minimum atomic E-state index is -4.96. The highest BCUT2D eigenvalue weighted by Crippen LogP contribution is 2.34. The standard InChI is InChI=1S/C20H19ClF6N4O2/c21-14-8-12(6-7-15(14)33-20(25,26)27)30-18-29-10-13(16(31-18)19(22,23)24)17(32)28-9-11-4-2-1-3-5-11/h6-8,10-11H,1-5,9H2,(H,28,32)(H,29,30,31). The predicted molar refractivity (Wildman–Crippen MR) is 107 cm³/mol. The number of carbonyl (C=O) groups is 1. The van der Waals surface area contributed by atoms with Crippen molar-refractivity contribution in [2.75, 3.05) is 11.9 Å². The highest BCUT2D eigenvalue weighted by Gasteiger charge is 2.38. The Bertz CT molecular complexity index is 993. The molecule has 2 N–H and O–H groups in total. The molecule has 1 aliphatic rings. The zero-order valence-electron chi connectivity index (χ0n) is 17.0. The average molecular weight is 497 g/mol. The molecule has 3 rings (SSSR count). The normalized spacial score (nSPS) is 15.2. The summed E-state index contributed by atoms with van der Waals surface area (Å²) in [4.78, 5) is 19.5. The number of rotatable bonds is 6. The molecule has 1 aromatic carbocycles. The van der Waals surface area contributed by atoms with Crippen LogP contribution in [0.5, 0.6) is 5.75 Å². The monoisotopic (exact) mass is 496 g/mol. The second-order valence-electron chi connectivity index (χ2n) is 7.49. The number of nitrogens with zero attached hydrogens (tertiary/aromatic N) is 2. The summed E-state index contributed by atoms with van der Waals surface area (Å²) in [5, 5.41) is 4.50. The molecule has 1 amide bonds. The first-order chi connectivity index (χ1) is 15.4. The summed E-state index contributed by atoms with van der Waals surface area (Å²) in [7, 11) is 0. The van der Waals surface area contributed by atoms with Gasteiger partial charge in [-0.2, -0.15) is 13.2 Å². The fourth-order valence-electron chi connectivity index (χ4n) is 3.46. The van der Waals surface area contributed by atoms with Crippen LogP contribution >= 0.6 is 11.6 Å². The van der Waals surface area contributed by atoms with E-state index in [-0.39, 0.29) is 18.2 Å². The molecule has 0 spiro atoms. The van der Waals surface area contributed by atoms with Crippen LogP contribution in [0, 0.1) is 5.92 Å². The fraction of sp³-hybridized carbons (Fsp3) is 0.450. The summed E-state index contributed by atoms with van der Waals surface area (Å²) in [6, 6.07) is 2.98. The average Bonchev–Trinajstić information content (AvgIpc) is 2.73. The number of benzene rings is 1. The van der Waals surface area contributed by atoms with E-state index >= 15 is 0 Å². The molecule has 180 valence electrons. The highest BCUT2D eigenvalue weighted by atomic mass is 35.5. The van der Waals surface area contributed by atoms with Crippen LogP contribution < -0.4 is 15.4 Å². The molecule has 1 heterocycles. The van der Waals surface area contributed by atoms with Crippen LogP contribution in [0.25, 0.3) is 0 Å². The molecule has 33 heavy (non-hydrogen) atoms. The van der Waals surface area contributed by atoms with E-state index in [2.05, 4.69) is 25.3 Å². The largest absolute Gasteiger partial charge is 0.573 e. The number of ether oxygens (including phenoxy) is 1. The van der Waals surface area contributed by atoms with Gasteiger partial charge in [-0.3, -0.25) is 4.79 Å². The van der Waals surface area contributed by atoms with E-state index in [1.165, 1.54) is 0 Å². The third-order valence-electron chi connectivity index (χ3n) is 4.99. The molecular weight excluding hydrogens is 478 g/mol. The van der Waals surface area contributed by atoms with Crippen molar-refractivity contribution in [1.29, 1.82) is 0 Å². The zero-order valence-corrected chi connectivity index (χ0v) is 17.7. The molecular formula is C20H19ClF6N4O2. The summed E-state index contributed by atoms with van der Waals surface area (Å²) in [5.74, 6) is -1.92.